The lowest BCUT2D eigenvalue weighted by Crippen LogP contribution is -2.27. The number of benzene rings is 2. The molecule has 0 bridgehead atoms. The molecule has 3 rings (SSSR count). The van der Waals surface area contributed by atoms with Crippen LogP contribution in [-0.4, -0.2) is 28.6 Å². The van der Waals surface area contributed by atoms with Crippen LogP contribution in [0, 0.1) is 0 Å². The maximum absolute atomic E-state index is 12.1. The van der Waals surface area contributed by atoms with E-state index in [4.69, 9.17) is 16.3 Å². The topological polar surface area (TPSA) is 93.2 Å². The van der Waals surface area contributed by atoms with Crippen LogP contribution in [-0.2, 0) is 22.7 Å². The second-order valence-electron chi connectivity index (χ2n) is 5.68. The maximum atomic E-state index is 12.1. The van der Waals surface area contributed by atoms with Crippen LogP contribution in [0.25, 0.3) is 0 Å². The third-order valence-corrected chi connectivity index (χ3v) is 4.85. The molecule has 0 fully saturated rings. The van der Waals surface area contributed by atoms with E-state index in [0.717, 1.165) is 16.9 Å². The van der Waals surface area contributed by atoms with Crippen molar-refractivity contribution in [1.82, 2.24) is 15.5 Å². The Morgan fingerprint density at radius 2 is 1.79 bits per heavy atom. The number of halogens is 1. The van der Waals surface area contributed by atoms with Crippen molar-refractivity contribution in [3.8, 4) is 0 Å². The molecule has 0 atom stereocenters. The summed E-state index contributed by atoms with van der Waals surface area (Å²) in [5.74, 6) is -0.612. The molecular weight excluding hydrogens is 400 g/mol. The van der Waals surface area contributed by atoms with Gasteiger partial charge in [-0.25, -0.2) is 0 Å². The number of para-hydroxylation sites is 1. The van der Waals surface area contributed by atoms with E-state index in [1.54, 1.807) is 18.2 Å². The van der Waals surface area contributed by atoms with Crippen LogP contribution >= 0.6 is 22.9 Å². The second-order valence-corrected chi connectivity index (χ2v) is 7.15. The van der Waals surface area contributed by atoms with E-state index in [0.29, 0.717) is 22.3 Å². The van der Waals surface area contributed by atoms with Gasteiger partial charge in [-0.3, -0.25) is 9.59 Å². The Bertz CT molecular complexity index is 949. The van der Waals surface area contributed by atoms with Crippen molar-refractivity contribution in [3.05, 3.63) is 75.2 Å². The van der Waals surface area contributed by atoms with Gasteiger partial charge >= 0.3 is 0 Å². The summed E-state index contributed by atoms with van der Waals surface area (Å²) in [6, 6.07) is 16.4. The van der Waals surface area contributed by atoms with Crippen molar-refractivity contribution in [1.29, 1.82) is 0 Å². The Morgan fingerprint density at radius 1 is 1.04 bits per heavy atom. The molecule has 0 spiro atoms. The van der Waals surface area contributed by atoms with Crippen LogP contribution in [0.3, 0.4) is 0 Å². The lowest BCUT2D eigenvalue weighted by Gasteiger charge is -2.06. The maximum Gasteiger partial charge on any atom is 0.286 e. The highest BCUT2D eigenvalue weighted by atomic mass is 35.5. The molecule has 9 heteroatoms. The minimum absolute atomic E-state index is 0.0931. The number of aromatic nitrogens is 2. The summed E-state index contributed by atoms with van der Waals surface area (Å²) in [6.45, 7) is 0.288. The first-order valence-electron chi connectivity index (χ1n) is 8.38. The summed E-state index contributed by atoms with van der Waals surface area (Å²) in [4.78, 5) is 24.0. The van der Waals surface area contributed by atoms with Crippen LogP contribution in [0.15, 0.2) is 54.6 Å². The number of hydrogen-bond donors (Lipinski definition) is 2. The molecule has 2 N–H and O–H groups in total. The van der Waals surface area contributed by atoms with Crippen molar-refractivity contribution in [2.75, 3.05) is 11.9 Å². The monoisotopic (exact) mass is 416 g/mol. The highest BCUT2D eigenvalue weighted by Gasteiger charge is 2.13. The summed E-state index contributed by atoms with van der Waals surface area (Å²) in [7, 11) is 0. The highest BCUT2D eigenvalue weighted by Crippen LogP contribution is 2.15. The third-order valence-electron chi connectivity index (χ3n) is 3.59. The van der Waals surface area contributed by atoms with Crippen LogP contribution < -0.4 is 10.6 Å². The first-order chi connectivity index (χ1) is 13.6. The molecule has 0 saturated heterocycles. The first kappa shape index (κ1) is 19.9. The zero-order chi connectivity index (χ0) is 19.8. The van der Waals surface area contributed by atoms with Gasteiger partial charge in [0.05, 0.1) is 0 Å². The Morgan fingerprint density at radius 3 is 2.57 bits per heavy atom. The minimum atomic E-state index is -0.340. The Kier molecular flexibility index (Phi) is 7.07. The summed E-state index contributed by atoms with van der Waals surface area (Å²) in [6.07, 6.45) is 0. The van der Waals surface area contributed by atoms with Gasteiger partial charge in [0.2, 0.25) is 10.9 Å². The molecule has 1 aromatic heterocycles. The predicted molar refractivity (Wildman–Crippen MR) is 107 cm³/mol. The molecule has 0 aliphatic rings. The number of anilines is 1. The number of rotatable bonds is 8. The van der Waals surface area contributed by atoms with Crippen LogP contribution in [0.2, 0.25) is 5.02 Å². The molecule has 0 radical (unpaired) electrons. The van der Waals surface area contributed by atoms with E-state index < -0.39 is 0 Å². The lowest BCUT2D eigenvalue weighted by atomic mass is 10.2. The average molecular weight is 417 g/mol. The van der Waals surface area contributed by atoms with E-state index in [2.05, 4.69) is 20.8 Å². The average Bonchev–Trinajstić information content (AvgIpc) is 3.17. The fraction of sp³-hybridized carbons (Fsp3) is 0.158. The summed E-state index contributed by atoms with van der Waals surface area (Å²) >= 11 is 7.16. The summed E-state index contributed by atoms with van der Waals surface area (Å²) in [5.41, 5.74) is 1.51. The molecular formula is C19H17ClN4O3S. The number of nitrogens with zero attached hydrogens (tertiary/aromatic N) is 2. The molecule has 2 amide bonds. The number of carbonyl (C=O) groups is 2. The molecule has 7 nitrogen and oxygen atoms in total. The second kappa shape index (κ2) is 9.93. The molecule has 0 aliphatic heterocycles. The van der Waals surface area contributed by atoms with E-state index in [-0.39, 0.29) is 30.0 Å². The SMILES string of the molecule is O=C(COCc1nnc(C(=O)Nc2ccccc2)s1)NCc1ccccc1Cl. The van der Waals surface area contributed by atoms with Gasteiger partial charge in [0.15, 0.2) is 0 Å². The highest BCUT2D eigenvalue weighted by molar-refractivity contribution is 7.13. The Balaban J connectivity index is 1.41. The standard InChI is InChI=1S/C19H17ClN4O3S/c20-15-9-5-4-6-13(15)10-21-16(25)11-27-12-17-23-24-19(28-17)18(26)22-14-7-2-1-3-8-14/h1-9H,10-12H2,(H,21,25)(H,22,26). The normalized spacial score (nSPS) is 10.5. The van der Waals surface area contributed by atoms with Gasteiger partial charge in [-0.1, -0.05) is 59.3 Å². The zero-order valence-corrected chi connectivity index (χ0v) is 16.3. The zero-order valence-electron chi connectivity index (χ0n) is 14.7. The van der Waals surface area contributed by atoms with Crippen molar-refractivity contribution >= 4 is 40.4 Å². The predicted octanol–water partition coefficient (Wildman–Crippen LogP) is 3.28. The largest absolute Gasteiger partial charge is 0.364 e. The minimum Gasteiger partial charge on any atom is -0.364 e. The number of nitrogens with one attached hydrogen (secondary N) is 2. The molecule has 3 aromatic rings. The van der Waals surface area contributed by atoms with E-state index >= 15 is 0 Å². The molecule has 0 saturated carbocycles. The van der Waals surface area contributed by atoms with Crippen molar-refractivity contribution in [2.45, 2.75) is 13.2 Å². The lowest BCUT2D eigenvalue weighted by molar-refractivity contribution is -0.126. The van der Waals surface area contributed by atoms with Gasteiger partial charge in [-0.2, -0.15) is 0 Å². The van der Waals surface area contributed by atoms with Gasteiger partial charge < -0.3 is 15.4 Å². The third kappa shape index (κ3) is 5.85. The fourth-order valence-electron chi connectivity index (χ4n) is 2.23. The number of amides is 2. The number of hydrogen-bond acceptors (Lipinski definition) is 6. The molecule has 144 valence electrons. The van der Waals surface area contributed by atoms with Gasteiger partial charge in [-0.05, 0) is 23.8 Å². The van der Waals surface area contributed by atoms with Crippen molar-refractivity contribution in [3.63, 3.8) is 0 Å². The van der Waals surface area contributed by atoms with Crippen molar-refractivity contribution < 1.29 is 14.3 Å². The van der Waals surface area contributed by atoms with Crippen LogP contribution in [0.5, 0.6) is 0 Å². The molecule has 2 aromatic carbocycles. The first-order valence-corrected chi connectivity index (χ1v) is 9.58. The fourth-order valence-corrected chi connectivity index (χ4v) is 3.10. The molecule has 28 heavy (non-hydrogen) atoms. The molecule has 0 aliphatic carbocycles. The van der Waals surface area contributed by atoms with Gasteiger partial charge in [0.25, 0.3) is 5.91 Å². The quantitative estimate of drug-likeness (QED) is 0.587. The van der Waals surface area contributed by atoms with Crippen LogP contribution in [0.4, 0.5) is 5.69 Å². The summed E-state index contributed by atoms with van der Waals surface area (Å²) in [5, 5.41) is 14.6. The van der Waals surface area contributed by atoms with Crippen molar-refractivity contribution in [2.24, 2.45) is 0 Å². The van der Waals surface area contributed by atoms with Crippen LogP contribution in [0.1, 0.15) is 20.4 Å². The number of carbonyl (C=O) groups excluding carboxylic acids is 2. The Hall–Kier alpha value is -2.81. The smallest absolute Gasteiger partial charge is 0.286 e. The van der Waals surface area contributed by atoms with E-state index in [1.165, 1.54) is 0 Å². The van der Waals surface area contributed by atoms with Gasteiger partial charge in [0.1, 0.15) is 18.2 Å². The van der Waals surface area contributed by atoms with E-state index in [1.807, 2.05) is 36.4 Å². The molecule has 1 heterocycles. The Labute approximate surface area is 170 Å². The molecule has 0 unspecified atom stereocenters. The summed E-state index contributed by atoms with van der Waals surface area (Å²) < 4.78 is 5.34. The van der Waals surface area contributed by atoms with Gasteiger partial charge in [0, 0.05) is 17.3 Å². The number of ether oxygens (including phenoxy) is 1. The van der Waals surface area contributed by atoms with Gasteiger partial charge in [-0.15, -0.1) is 10.2 Å². The van der Waals surface area contributed by atoms with E-state index in [9.17, 15) is 9.59 Å².